The van der Waals surface area contributed by atoms with Crippen LogP contribution in [0.15, 0.2) is 77.7 Å². The largest absolute Gasteiger partial charge is 0.494 e. The van der Waals surface area contributed by atoms with Gasteiger partial charge in [0.25, 0.3) is 5.91 Å². The molecule has 1 atom stereocenters. The zero-order chi connectivity index (χ0) is 24.8. The normalized spacial score (nSPS) is 15.4. The number of carbonyl (C=O) groups is 3. The average molecular weight is 493 g/mol. The van der Waals surface area contributed by atoms with E-state index in [4.69, 9.17) is 4.74 Å². The van der Waals surface area contributed by atoms with E-state index in [0.717, 1.165) is 17.7 Å². The van der Waals surface area contributed by atoms with Crippen LogP contribution in [0.5, 0.6) is 5.75 Å². The second-order valence-electron chi connectivity index (χ2n) is 8.03. The molecule has 1 saturated heterocycles. The highest BCUT2D eigenvalue weighted by molar-refractivity contribution is 8.00. The molecule has 4 rings (SSSR count). The first-order valence-electron chi connectivity index (χ1n) is 11.4. The molecule has 3 aromatic rings. The summed E-state index contributed by atoms with van der Waals surface area (Å²) in [7, 11) is 0. The van der Waals surface area contributed by atoms with E-state index < -0.39 is 17.0 Å². The number of thioether (sulfide) groups is 1. The third-order valence-corrected chi connectivity index (χ3v) is 6.67. The van der Waals surface area contributed by atoms with Crippen molar-refractivity contribution >= 4 is 40.9 Å². The van der Waals surface area contributed by atoms with Crippen molar-refractivity contribution in [3.8, 4) is 5.75 Å². The van der Waals surface area contributed by atoms with Crippen molar-refractivity contribution in [1.82, 2.24) is 0 Å². The third kappa shape index (κ3) is 5.89. The Morgan fingerprint density at radius 1 is 1.06 bits per heavy atom. The summed E-state index contributed by atoms with van der Waals surface area (Å²) in [6.07, 6.45) is 2.10. The summed E-state index contributed by atoms with van der Waals surface area (Å²) in [4.78, 5) is 39.9. The van der Waals surface area contributed by atoms with Crippen LogP contribution in [0.4, 0.5) is 15.8 Å². The Balaban J connectivity index is 1.36. The molecule has 3 amide bonds. The zero-order valence-corrected chi connectivity index (χ0v) is 20.0. The second kappa shape index (κ2) is 11.2. The van der Waals surface area contributed by atoms with Crippen LogP contribution in [0.2, 0.25) is 0 Å². The number of ether oxygens (including phenoxy) is 1. The van der Waals surface area contributed by atoms with Crippen LogP contribution in [0.3, 0.4) is 0 Å². The van der Waals surface area contributed by atoms with Crippen molar-refractivity contribution in [2.45, 2.75) is 36.3 Å². The van der Waals surface area contributed by atoms with Crippen LogP contribution in [0.25, 0.3) is 0 Å². The van der Waals surface area contributed by atoms with Gasteiger partial charge < -0.3 is 10.1 Å². The van der Waals surface area contributed by atoms with Gasteiger partial charge in [-0.1, -0.05) is 25.5 Å². The lowest BCUT2D eigenvalue weighted by Crippen LogP contribution is -2.31. The lowest BCUT2D eigenvalue weighted by molar-refractivity contribution is -0.121. The Kier molecular flexibility index (Phi) is 7.82. The molecule has 3 aromatic carbocycles. The minimum absolute atomic E-state index is 0.0401. The first kappa shape index (κ1) is 24.5. The summed E-state index contributed by atoms with van der Waals surface area (Å²) in [6, 6.07) is 19.6. The number of nitrogens with one attached hydrogen (secondary N) is 1. The van der Waals surface area contributed by atoms with Gasteiger partial charge in [0.05, 0.1) is 23.1 Å². The van der Waals surface area contributed by atoms with E-state index >= 15 is 0 Å². The van der Waals surface area contributed by atoms with Crippen LogP contribution in [-0.4, -0.2) is 29.6 Å². The van der Waals surface area contributed by atoms with Gasteiger partial charge in [-0.25, -0.2) is 9.29 Å². The molecule has 1 fully saturated rings. The minimum atomic E-state index is -0.593. The summed E-state index contributed by atoms with van der Waals surface area (Å²) in [5.41, 5.74) is 0.984. The molecule has 0 aliphatic carbocycles. The number of unbranched alkanes of at least 4 members (excludes halogenated alkanes) is 1. The highest BCUT2D eigenvalue weighted by Gasteiger charge is 2.40. The Labute approximate surface area is 207 Å². The molecular formula is C27H25FN2O4S. The van der Waals surface area contributed by atoms with Crippen molar-refractivity contribution in [2.24, 2.45) is 0 Å². The lowest BCUT2D eigenvalue weighted by atomic mass is 10.2. The molecule has 180 valence electrons. The minimum Gasteiger partial charge on any atom is -0.494 e. The summed E-state index contributed by atoms with van der Waals surface area (Å²) in [5.74, 6) is -0.950. The van der Waals surface area contributed by atoms with Crippen molar-refractivity contribution < 1.29 is 23.5 Å². The van der Waals surface area contributed by atoms with Gasteiger partial charge in [0.2, 0.25) is 11.8 Å². The molecule has 1 aliphatic heterocycles. The molecule has 0 radical (unpaired) electrons. The van der Waals surface area contributed by atoms with Gasteiger partial charge in [0, 0.05) is 17.0 Å². The van der Waals surface area contributed by atoms with Crippen LogP contribution < -0.4 is 15.0 Å². The molecule has 1 N–H and O–H groups in total. The van der Waals surface area contributed by atoms with Crippen LogP contribution >= 0.6 is 11.8 Å². The molecule has 0 spiro atoms. The van der Waals surface area contributed by atoms with Crippen LogP contribution in [0, 0.1) is 5.82 Å². The van der Waals surface area contributed by atoms with Gasteiger partial charge in [0.1, 0.15) is 11.6 Å². The zero-order valence-electron chi connectivity index (χ0n) is 19.2. The Hall–Kier alpha value is -3.65. The number of anilines is 2. The van der Waals surface area contributed by atoms with E-state index in [1.54, 1.807) is 54.6 Å². The summed E-state index contributed by atoms with van der Waals surface area (Å²) in [5, 5.41) is 2.12. The van der Waals surface area contributed by atoms with E-state index in [1.165, 1.54) is 34.9 Å². The quantitative estimate of drug-likeness (QED) is 0.307. The molecule has 1 unspecified atom stereocenters. The highest BCUT2D eigenvalue weighted by Crippen LogP contribution is 2.35. The predicted octanol–water partition coefficient (Wildman–Crippen LogP) is 5.68. The molecule has 35 heavy (non-hydrogen) atoms. The smallest absolute Gasteiger partial charge is 0.258 e. The number of imide groups is 1. The molecule has 6 nitrogen and oxygen atoms in total. The number of rotatable bonds is 9. The summed E-state index contributed by atoms with van der Waals surface area (Å²) >= 11 is 1.30. The molecule has 1 heterocycles. The van der Waals surface area contributed by atoms with Crippen LogP contribution in [0.1, 0.15) is 36.5 Å². The van der Waals surface area contributed by atoms with Gasteiger partial charge >= 0.3 is 0 Å². The lowest BCUT2D eigenvalue weighted by Gasteiger charge is -2.16. The Morgan fingerprint density at radius 2 is 1.77 bits per heavy atom. The summed E-state index contributed by atoms with van der Waals surface area (Å²) in [6.45, 7) is 2.72. The number of hydrogen-bond donors (Lipinski definition) is 1. The molecule has 0 aromatic heterocycles. The van der Waals surface area contributed by atoms with Gasteiger partial charge in [0.15, 0.2) is 0 Å². The van der Waals surface area contributed by atoms with Crippen LogP contribution in [-0.2, 0) is 9.59 Å². The number of halogens is 1. The number of carbonyl (C=O) groups excluding carboxylic acids is 3. The SMILES string of the molecule is CCCCOc1ccc(N2C(=O)CC(Sc3ccc(NC(=O)c4ccccc4F)cc3)C2=O)cc1. The van der Waals surface area contributed by atoms with E-state index in [2.05, 4.69) is 12.2 Å². The number of benzene rings is 3. The fraction of sp³-hybridized carbons (Fsp3) is 0.222. The highest BCUT2D eigenvalue weighted by atomic mass is 32.2. The maximum Gasteiger partial charge on any atom is 0.258 e. The number of nitrogens with zero attached hydrogens (tertiary/aromatic N) is 1. The van der Waals surface area contributed by atoms with E-state index in [1.807, 2.05) is 0 Å². The second-order valence-corrected chi connectivity index (χ2v) is 9.31. The topological polar surface area (TPSA) is 75.7 Å². The van der Waals surface area contributed by atoms with Gasteiger partial charge in [-0.05, 0) is 67.1 Å². The van der Waals surface area contributed by atoms with Crippen molar-refractivity contribution in [3.05, 3.63) is 84.2 Å². The summed E-state index contributed by atoms with van der Waals surface area (Å²) < 4.78 is 19.5. The Bertz CT molecular complexity index is 1210. The molecule has 1 aliphatic rings. The molecular weight excluding hydrogens is 467 g/mol. The van der Waals surface area contributed by atoms with Crippen molar-refractivity contribution in [3.63, 3.8) is 0 Å². The third-order valence-electron chi connectivity index (χ3n) is 5.48. The van der Waals surface area contributed by atoms with Gasteiger partial charge in [-0.15, -0.1) is 11.8 Å². The fourth-order valence-corrected chi connectivity index (χ4v) is 4.67. The molecule has 0 saturated carbocycles. The first-order chi connectivity index (χ1) is 17.0. The monoisotopic (exact) mass is 492 g/mol. The van der Waals surface area contributed by atoms with Crippen molar-refractivity contribution in [1.29, 1.82) is 0 Å². The average Bonchev–Trinajstić information content (AvgIpc) is 3.13. The maximum absolute atomic E-state index is 13.8. The number of amides is 3. The van der Waals surface area contributed by atoms with E-state index in [0.29, 0.717) is 23.7 Å². The van der Waals surface area contributed by atoms with Crippen molar-refractivity contribution in [2.75, 3.05) is 16.8 Å². The fourth-order valence-electron chi connectivity index (χ4n) is 3.62. The molecule has 8 heteroatoms. The van der Waals surface area contributed by atoms with E-state index in [9.17, 15) is 18.8 Å². The standard InChI is InChI=1S/C27H25FN2O4S/c1-2-3-16-34-20-12-10-19(11-13-20)30-25(31)17-24(27(30)33)35-21-14-8-18(9-15-21)29-26(32)22-6-4-5-7-23(22)28/h4-15,24H,2-3,16-17H2,1H3,(H,29,32). The Morgan fingerprint density at radius 3 is 2.46 bits per heavy atom. The maximum atomic E-state index is 13.8. The predicted molar refractivity (Wildman–Crippen MR) is 134 cm³/mol. The first-order valence-corrected chi connectivity index (χ1v) is 12.3. The van der Waals surface area contributed by atoms with E-state index in [-0.39, 0.29) is 23.8 Å². The van der Waals surface area contributed by atoms with Gasteiger partial charge in [-0.3, -0.25) is 14.4 Å². The van der Waals surface area contributed by atoms with Gasteiger partial charge in [-0.2, -0.15) is 0 Å². The number of hydrogen-bond acceptors (Lipinski definition) is 5. The molecule has 0 bridgehead atoms.